The fraction of sp³-hybridized carbons (Fsp3) is 0.235. The van der Waals surface area contributed by atoms with Crippen LogP contribution in [0.3, 0.4) is 0 Å². The summed E-state index contributed by atoms with van der Waals surface area (Å²) in [4.78, 5) is 11.7. The summed E-state index contributed by atoms with van der Waals surface area (Å²) in [7, 11) is 0. The van der Waals surface area contributed by atoms with Gasteiger partial charge in [0.2, 0.25) is 0 Å². The Kier molecular flexibility index (Phi) is 5.99. The molecule has 0 aliphatic rings. The first-order valence-corrected chi connectivity index (χ1v) is 7.54. The van der Waals surface area contributed by atoms with Crippen LogP contribution in [0.1, 0.15) is 22.8 Å². The normalized spacial score (nSPS) is 13.1. The minimum Gasteiger partial charge on any atom is -0.387 e. The Morgan fingerprint density at radius 3 is 1.74 bits per heavy atom. The van der Waals surface area contributed by atoms with E-state index in [2.05, 4.69) is 10.6 Å². The molecule has 0 aliphatic carbocycles. The van der Waals surface area contributed by atoms with Crippen LogP contribution in [-0.2, 0) is 12.4 Å². The van der Waals surface area contributed by atoms with E-state index in [1.165, 1.54) is 0 Å². The molecule has 2 aromatic carbocycles. The first kappa shape index (κ1) is 20.6. The van der Waals surface area contributed by atoms with Crippen molar-refractivity contribution in [3.05, 3.63) is 65.2 Å². The van der Waals surface area contributed by atoms with Crippen molar-refractivity contribution in [3.63, 3.8) is 0 Å². The van der Waals surface area contributed by atoms with Gasteiger partial charge in [-0.2, -0.15) is 26.3 Å². The lowest BCUT2D eigenvalue weighted by molar-refractivity contribution is -0.138. The van der Waals surface area contributed by atoms with Crippen molar-refractivity contribution in [1.29, 1.82) is 0 Å². The molecule has 0 fully saturated rings. The molecule has 0 aliphatic heterocycles. The summed E-state index contributed by atoms with van der Waals surface area (Å²) >= 11 is 0. The summed E-state index contributed by atoms with van der Waals surface area (Å²) in [6.07, 6.45) is -10.2. The molecule has 1 atom stereocenters. The Bertz CT molecular complexity index is 770. The molecule has 1 unspecified atom stereocenters. The van der Waals surface area contributed by atoms with Gasteiger partial charge in [-0.3, -0.25) is 0 Å². The summed E-state index contributed by atoms with van der Waals surface area (Å²) in [5.41, 5.74) is -1.47. The van der Waals surface area contributed by atoms with E-state index in [0.717, 1.165) is 48.5 Å². The largest absolute Gasteiger partial charge is 0.416 e. The Labute approximate surface area is 149 Å². The molecule has 0 aromatic heterocycles. The Morgan fingerprint density at radius 2 is 1.30 bits per heavy atom. The van der Waals surface area contributed by atoms with Gasteiger partial charge < -0.3 is 15.7 Å². The maximum Gasteiger partial charge on any atom is 0.416 e. The highest BCUT2D eigenvalue weighted by Crippen LogP contribution is 2.30. The third kappa shape index (κ3) is 5.88. The van der Waals surface area contributed by atoms with Crippen LogP contribution in [0.25, 0.3) is 0 Å². The van der Waals surface area contributed by atoms with Gasteiger partial charge in [-0.15, -0.1) is 0 Å². The average Bonchev–Trinajstić information content (AvgIpc) is 2.58. The number of hydrogen-bond acceptors (Lipinski definition) is 2. The molecule has 146 valence electrons. The zero-order valence-electron chi connectivity index (χ0n) is 13.5. The highest BCUT2D eigenvalue weighted by atomic mass is 19.4. The van der Waals surface area contributed by atoms with E-state index < -0.39 is 35.6 Å². The van der Waals surface area contributed by atoms with Crippen molar-refractivity contribution in [3.8, 4) is 0 Å². The summed E-state index contributed by atoms with van der Waals surface area (Å²) in [5, 5.41) is 14.5. The Hall–Kier alpha value is -2.75. The molecule has 3 N–H and O–H groups in total. The first-order chi connectivity index (χ1) is 12.5. The molecule has 2 aromatic rings. The van der Waals surface area contributed by atoms with E-state index in [4.69, 9.17) is 0 Å². The van der Waals surface area contributed by atoms with Crippen molar-refractivity contribution >= 4 is 11.7 Å². The maximum atomic E-state index is 12.5. The quantitative estimate of drug-likeness (QED) is 0.667. The van der Waals surface area contributed by atoms with E-state index in [9.17, 15) is 36.2 Å². The van der Waals surface area contributed by atoms with Crippen LogP contribution in [-0.4, -0.2) is 17.7 Å². The third-order valence-electron chi connectivity index (χ3n) is 3.55. The van der Waals surface area contributed by atoms with Crippen LogP contribution in [0.4, 0.5) is 36.8 Å². The zero-order chi connectivity index (χ0) is 20.2. The molecular formula is C17H14F6N2O2. The number of amides is 2. The van der Waals surface area contributed by atoms with Gasteiger partial charge in [0.1, 0.15) is 0 Å². The molecule has 0 spiro atoms. The van der Waals surface area contributed by atoms with E-state index in [1.807, 2.05) is 0 Å². The van der Waals surface area contributed by atoms with Crippen LogP contribution in [0, 0.1) is 0 Å². The number of hydrogen-bond donors (Lipinski definition) is 3. The first-order valence-electron chi connectivity index (χ1n) is 7.54. The van der Waals surface area contributed by atoms with Crippen LogP contribution in [0.2, 0.25) is 0 Å². The molecule has 0 heterocycles. The fourth-order valence-corrected chi connectivity index (χ4v) is 2.12. The average molecular weight is 392 g/mol. The molecule has 2 amide bonds. The second-order valence-electron chi connectivity index (χ2n) is 5.55. The summed E-state index contributed by atoms with van der Waals surface area (Å²) in [6, 6.07) is 6.72. The number of alkyl halides is 6. The van der Waals surface area contributed by atoms with Crippen molar-refractivity contribution in [2.75, 3.05) is 11.9 Å². The van der Waals surface area contributed by atoms with Crippen LogP contribution in [0.5, 0.6) is 0 Å². The van der Waals surface area contributed by atoms with Crippen molar-refractivity contribution < 1.29 is 36.2 Å². The number of halogens is 6. The predicted octanol–water partition coefficient (Wildman–Crippen LogP) is 4.58. The number of carbonyl (C=O) groups is 1. The monoisotopic (exact) mass is 392 g/mol. The number of urea groups is 1. The van der Waals surface area contributed by atoms with Crippen LogP contribution < -0.4 is 10.6 Å². The summed E-state index contributed by atoms with van der Waals surface area (Å²) < 4.78 is 74.8. The molecule has 4 nitrogen and oxygen atoms in total. The predicted molar refractivity (Wildman–Crippen MR) is 84.9 cm³/mol. The third-order valence-corrected chi connectivity index (χ3v) is 3.55. The van der Waals surface area contributed by atoms with Crippen molar-refractivity contribution in [2.24, 2.45) is 0 Å². The molecule has 0 radical (unpaired) electrons. The van der Waals surface area contributed by atoms with Crippen molar-refractivity contribution in [2.45, 2.75) is 18.5 Å². The van der Waals surface area contributed by atoms with Gasteiger partial charge in [0.15, 0.2) is 0 Å². The minimum atomic E-state index is -4.50. The highest BCUT2D eigenvalue weighted by molar-refractivity contribution is 5.89. The van der Waals surface area contributed by atoms with Gasteiger partial charge >= 0.3 is 18.4 Å². The summed E-state index contributed by atoms with van der Waals surface area (Å²) in [6.45, 7) is -0.308. The number of carbonyl (C=O) groups excluding carboxylic acids is 1. The van der Waals surface area contributed by atoms with Gasteiger partial charge in [0, 0.05) is 12.2 Å². The van der Waals surface area contributed by atoms with Gasteiger partial charge in [-0.25, -0.2) is 4.79 Å². The van der Waals surface area contributed by atoms with Crippen LogP contribution >= 0.6 is 0 Å². The number of rotatable bonds is 4. The van der Waals surface area contributed by atoms with Gasteiger partial charge in [0.05, 0.1) is 17.2 Å². The lowest BCUT2D eigenvalue weighted by atomic mass is 10.1. The summed E-state index contributed by atoms with van der Waals surface area (Å²) in [5.74, 6) is 0. The number of nitrogens with one attached hydrogen (secondary N) is 2. The number of anilines is 1. The highest BCUT2D eigenvalue weighted by Gasteiger charge is 2.30. The lowest BCUT2D eigenvalue weighted by Gasteiger charge is -2.14. The van der Waals surface area contributed by atoms with E-state index in [1.54, 1.807) is 0 Å². The minimum absolute atomic E-state index is 0.101. The molecular weight excluding hydrogens is 378 g/mol. The molecule has 27 heavy (non-hydrogen) atoms. The van der Waals surface area contributed by atoms with E-state index in [0.29, 0.717) is 0 Å². The lowest BCUT2D eigenvalue weighted by Crippen LogP contribution is -2.32. The SMILES string of the molecule is O=C(NCC(O)c1ccc(C(F)(F)F)cc1)Nc1ccc(C(F)(F)F)cc1. The standard InChI is InChI=1S/C17H14F6N2O2/c18-16(19,20)11-3-1-10(2-4-11)14(26)9-24-15(27)25-13-7-5-12(6-8-13)17(21,22)23/h1-8,14,26H,9H2,(H2,24,25,27). The smallest absolute Gasteiger partial charge is 0.387 e. The van der Waals surface area contributed by atoms with E-state index in [-0.39, 0.29) is 17.8 Å². The number of benzene rings is 2. The topological polar surface area (TPSA) is 61.4 Å². The van der Waals surface area contributed by atoms with Gasteiger partial charge in [-0.05, 0) is 42.0 Å². The van der Waals surface area contributed by atoms with Crippen LogP contribution in [0.15, 0.2) is 48.5 Å². The zero-order valence-corrected chi connectivity index (χ0v) is 13.5. The maximum absolute atomic E-state index is 12.5. The number of aliphatic hydroxyl groups is 1. The van der Waals surface area contributed by atoms with E-state index >= 15 is 0 Å². The molecule has 0 saturated carbocycles. The second kappa shape index (κ2) is 7.87. The fourth-order valence-electron chi connectivity index (χ4n) is 2.12. The molecule has 10 heteroatoms. The molecule has 0 bridgehead atoms. The molecule has 2 rings (SSSR count). The molecule has 0 saturated heterocycles. The van der Waals surface area contributed by atoms with Gasteiger partial charge in [0.25, 0.3) is 0 Å². The Balaban J connectivity index is 1.87. The Morgan fingerprint density at radius 1 is 0.852 bits per heavy atom. The second-order valence-corrected chi connectivity index (χ2v) is 5.55. The van der Waals surface area contributed by atoms with Gasteiger partial charge in [-0.1, -0.05) is 12.1 Å². The number of aliphatic hydroxyl groups excluding tert-OH is 1. The van der Waals surface area contributed by atoms with Crippen molar-refractivity contribution in [1.82, 2.24) is 5.32 Å².